The third-order valence-electron chi connectivity index (χ3n) is 4.56. The summed E-state index contributed by atoms with van der Waals surface area (Å²) in [7, 11) is 1.47. The summed E-state index contributed by atoms with van der Waals surface area (Å²) in [5.74, 6) is 0.946. The van der Waals surface area contributed by atoms with Crippen molar-refractivity contribution >= 4 is 17.6 Å². The first kappa shape index (κ1) is 15.4. The minimum absolute atomic E-state index is 0.0592. The van der Waals surface area contributed by atoms with Gasteiger partial charge in [0.2, 0.25) is 0 Å². The summed E-state index contributed by atoms with van der Waals surface area (Å²) >= 11 is 6.41. The Hall–Kier alpha value is -1.02. The Balaban J connectivity index is 2.10. The third kappa shape index (κ3) is 3.17. The summed E-state index contributed by atoms with van der Waals surface area (Å²) in [5, 5.41) is 0.857. The zero-order chi connectivity index (χ0) is 14.9. The molecular weight excluding hydrogens is 272 g/mol. The first-order chi connectivity index (χ1) is 9.47. The maximum Gasteiger partial charge on any atom is 0.308 e. The summed E-state index contributed by atoms with van der Waals surface area (Å²) < 4.78 is 4.82. The maximum absolute atomic E-state index is 11.5. The number of hydrogen-bond donors (Lipinski definition) is 0. The number of rotatable bonds is 5. The fraction of sp³-hybridized carbons (Fsp3) is 0.588. The minimum atomic E-state index is -0.0592. The molecule has 20 heavy (non-hydrogen) atoms. The van der Waals surface area contributed by atoms with Gasteiger partial charge in [0.15, 0.2) is 0 Å². The summed E-state index contributed by atoms with van der Waals surface area (Å²) in [6.07, 6.45) is 3.04. The van der Waals surface area contributed by atoms with Crippen molar-refractivity contribution in [3.05, 3.63) is 33.8 Å². The first-order valence-corrected chi connectivity index (χ1v) is 7.70. The van der Waals surface area contributed by atoms with Gasteiger partial charge < -0.3 is 4.74 Å². The molecule has 0 N–H and O–H groups in total. The zero-order valence-electron chi connectivity index (χ0n) is 12.7. The summed E-state index contributed by atoms with van der Waals surface area (Å²) in [5.41, 5.74) is 3.74. The fourth-order valence-electron chi connectivity index (χ4n) is 2.94. The Kier molecular flexibility index (Phi) is 4.74. The molecular formula is C17H23ClO2. The van der Waals surface area contributed by atoms with E-state index in [2.05, 4.69) is 32.9 Å². The monoisotopic (exact) mass is 294 g/mol. The van der Waals surface area contributed by atoms with E-state index < -0.39 is 0 Å². The van der Waals surface area contributed by atoms with Gasteiger partial charge in [-0.3, -0.25) is 4.79 Å². The Morgan fingerprint density at radius 3 is 2.65 bits per heavy atom. The van der Waals surface area contributed by atoms with Crippen LogP contribution >= 0.6 is 11.6 Å². The van der Waals surface area contributed by atoms with Gasteiger partial charge in [0, 0.05) is 5.02 Å². The predicted octanol–water partition coefficient (Wildman–Crippen LogP) is 4.65. The molecule has 2 nitrogen and oxygen atoms in total. The molecule has 0 aliphatic heterocycles. The minimum Gasteiger partial charge on any atom is -0.469 e. The van der Waals surface area contributed by atoms with Gasteiger partial charge in [-0.05, 0) is 67.7 Å². The zero-order valence-corrected chi connectivity index (χ0v) is 13.5. The standard InChI is InChI=1S/C17H23ClO2/c1-5-12(8-13-9-15(13)17(19)20-4)14-6-10(2)11(3)7-16(14)18/h6-7,12-13,15H,5,8-9H2,1-4H3. The van der Waals surface area contributed by atoms with E-state index in [0.29, 0.717) is 11.8 Å². The van der Waals surface area contributed by atoms with Gasteiger partial charge in [-0.25, -0.2) is 0 Å². The van der Waals surface area contributed by atoms with Crippen molar-refractivity contribution < 1.29 is 9.53 Å². The van der Waals surface area contributed by atoms with Gasteiger partial charge in [0.25, 0.3) is 0 Å². The van der Waals surface area contributed by atoms with E-state index in [1.807, 2.05) is 0 Å². The Morgan fingerprint density at radius 2 is 2.05 bits per heavy atom. The molecule has 0 saturated heterocycles. The lowest BCUT2D eigenvalue weighted by Crippen LogP contribution is -2.07. The second-order valence-corrected chi connectivity index (χ2v) is 6.33. The van der Waals surface area contributed by atoms with Crippen LogP contribution in [0.25, 0.3) is 0 Å². The van der Waals surface area contributed by atoms with E-state index in [1.165, 1.54) is 23.8 Å². The molecule has 3 heteroatoms. The molecule has 1 saturated carbocycles. The van der Waals surface area contributed by atoms with Gasteiger partial charge in [0.1, 0.15) is 0 Å². The number of halogens is 1. The van der Waals surface area contributed by atoms with Crippen LogP contribution in [0.1, 0.15) is 48.8 Å². The highest BCUT2D eigenvalue weighted by atomic mass is 35.5. The molecule has 0 radical (unpaired) electrons. The van der Waals surface area contributed by atoms with Crippen molar-refractivity contribution in [3.8, 4) is 0 Å². The lowest BCUT2D eigenvalue weighted by molar-refractivity contribution is -0.142. The molecule has 0 spiro atoms. The molecule has 0 amide bonds. The van der Waals surface area contributed by atoms with E-state index in [-0.39, 0.29) is 11.9 Å². The number of hydrogen-bond acceptors (Lipinski definition) is 2. The highest BCUT2D eigenvalue weighted by Crippen LogP contribution is 2.47. The summed E-state index contributed by atoms with van der Waals surface area (Å²) in [6, 6.07) is 4.26. The van der Waals surface area contributed by atoms with E-state index >= 15 is 0 Å². The van der Waals surface area contributed by atoms with Crippen LogP contribution in [0.2, 0.25) is 5.02 Å². The highest BCUT2D eigenvalue weighted by Gasteiger charge is 2.44. The van der Waals surface area contributed by atoms with Crippen LogP contribution < -0.4 is 0 Å². The van der Waals surface area contributed by atoms with Crippen LogP contribution in [0.3, 0.4) is 0 Å². The van der Waals surface area contributed by atoms with Crippen LogP contribution in [-0.4, -0.2) is 13.1 Å². The SMILES string of the molecule is CCC(CC1CC1C(=O)OC)c1cc(C)c(C)cc1Cl. The Morgan fingerprint density at radius 1 is 1.40 bits per heavy atom. The van der Waals surface area contributed by atoms with Gasteiger partial charge in [-0.1, -0.05) is 24.6 Å². The van der Waals surface area contributed by atoms with E-state index in [1.54, 1.807) is 0 Å². The molecule has 1 aromatic rings. The molecule has 110 valence electrons. The maximum atomic E-state index is 11.5. The largest absolute Gasteiger partial charge is 0.469 e. The van der Waals surface area contributed by atoms with Crippen LogP contribution in [0, 0.1) is 25.7 Å². The molecule has 3 unspecified atom stereocenters. The topological polar surface area (TPSA) is 26.3 Å². The van der Waals surface area contributed by atoms with E-state index in [0.717, 1.165) is 24.3 Å². The lowest BCUT2D eigenvalue weighted by Gasteiger charge is -2.18. The number of ether oxygens (including phenoxy) is 1. The predicted molar refractivity (Wildman–Crippen MR) is 82.2 cm³/mol. The van der Waals surface area contributed by atoms with Gasteiger partial charge in [0.05, 0.1) is 13.0 Å². The van der Waals surface area contributed by atoms with Gasteiger partial charge in [-0.2, -0.15) is 0 Å². The quantitative estimate of drug-likeness (QED) is 0.739. The number of carbonyl (C=O) groups is 1. The fourth-order valence-corrected chi connectivity index (χ4v) is 3.32. The van der Waals surface area contributed by atoms with E-state index in [9.17, 15) is 4.79 Å². The van der Waals surface area contributed by atoms with Crippen LogP contribution in [0.4, 0.5) is 0 Å². The smallest absolute Gasteiger partial charge is 0.308 e. The molecule has 0 heterocycles. The Labute approximate surface area is 126 Å². The van der Waals surface area contributed by atoms with Crippen molar-refractivity contribution in [1.82, 2.24) is 0 Å². The molecule has 0 aromatic heterocycles. The number of aryl methyl sites for hydroxylation is 2. The number of benzene rings is 1. The summed E-state index contributed by atoms with van der Waals surface area (Å²) in [4.78, 5) is 11.5. The third-order valence-corrected chi connectivity index (χ3v) is 4.89. The van der Waals surface area contributed by atoms with Gasteiger partial charge >= 0.3 is 5.97 Å². The van der Waals surface area contributed by atoms with Crippen molar-refractivity contribution in [2.75, 3.05) is 7.11 Å². The molecule has 2 rings (SSSR count). The first-order valence-electron chi connectivity index (χ1n) is 7.32. The molecule has 1 fully saturated rings. The normalized spacial score (nSPS) is 22.4. The van der Waals surface area contributed by atoms with Gasteiger partial charge in [-0.15, -0.1) is 0 Å². The Bertz CT molecular complexity index is 510. The molecule has 0 bridgehead atoms. The molecule has 1 aliphatic carbocycles. The van der Waals surface area contributed by atoms with Crippen LogP contribution in [0.5, 0.6) is 0 Å². The lowest BCUT2D eigenvalue weighted by atomic mass is 9.89. The van der Waals surface area contributed by atoms with Crippen molar-refractivity contribution in [2.45, 2.75) is 46.0 Å². The average molecular weight is 295 g/mol. The summed E-state index contributed by atoms with van der Waals surface area (Å²) in [6.45, 7) is 6.39. The second-order valence-electron chi connectivity index (χ2n) is 5.92. The number of carbonyl (C=O) groups excluding carboxylic acids is 1. The van der Waals surface area contributed by atoms with Crippen molar-refractivity contribution in [3.63, 3.8) is 0 Å². The molecule has 1 aliphatic rings. The van der Waals surface area contributed by atoms with Crippen molar-refractivity contribution in [2.24, 2.45) is 11.8 Å². The van der Waals surface area contributed by atoms with Crippen LogP contribution in [0.15, 0.2) is 12.1 Å². The average Bonchev–Trinajstić information content (AvgIpc) is 3.19. The van der Waals surface area contributed by atoms with E-state index in [4.69, 9.17) is 16.3 Å². The number of methoxy groups -OCH3 is 1. The molecule has 3 atom stereocenters. The van der Waals surface area contributed by atoms with Crippen LogP contribution in [-0.2, 0) is 9.53 Å². The molecule has 1 aromatic carbocycles. The second kappa shape index (κ2) is 6.17. The highest BCUT2D eigenvalue weighted by molar-refractivity contribution is 6.31. The van der Waals surface area contributed by atoms with Crippen molar-refractivity contribution in [1.29, 1.82) is 0 Å². The number of esters is 1.